The first-order valence-corrected chi connectivity index (χ1v) is 10.4. The molecule has 1 atom stereocenters. The Bertz CT molecular complexity index is 792. The normalized spacial score (nSPS) is 11.8. The minimum absolute atomic E-state index is 0.273. The highest BCUT2D eigenvalue weighted by atomic mass is 32.2. The van der Waals surface area contributed by atoms with Crippen molar-refractivity contribution in [1.82, 2.24) is 10.7 Å². The third kappa shape index (κ3) is 6.74. The van der Waals surface area contributed by atoms with Gasteiger partial charge in [0.2, 0.25) is 0 Å². The average molecular weight is 399 g/mol. The predicted octanol–water partition coefficient (Wildman–Crippen LogP) is 2.75. The lowest BCUT2D eigenvalue weighted by Gasteiger charge is -2.16. The van der Waals surface area contributed by atoms with Gasteiger partial charge in [-0.25, -0.2) is 5.43 Å². The van der Waals surface area contributed by atoms with Crippen molar-refractivity contribution < 1.29 is 9.59 Å². The summed E-state index contributed by atoms with van der Waals surface area (Å²) >= 11 is 1.62. The summed E-state index contributed by atoms with van der Waals surface area (Å²) in [5.41, 5.74) is 5.01. The zero-order valence-corrected chi connectivity index (χ0v) is 17.2. The van der Waals surface area contributed by atoms with E-state index >= 15 is 0 Å². The van der Waals surface area contributed by atoms with Crippen molar-refractivity contribution in [3.8, 4) is 0 Å². The van der Waals surface area contributed by atoms with E-state index in [9.17, 15) is 9.59 Å². The molecule has 0 heterocycles. The standard InChI is InChI=1S/C21H26N4O2S/c1-25(2)18-11-9-16(10-12-18)15-22-24-21(27)19(13-14-28-3)23-20(26)17-7-5-4-6-8-17/h4-12,15,19H,13-14H2,1-3H3,(H,23,26)(H,24,27)/b22-15-/t19-/m0/s1. The van der Waals surface area contributed by atoms with E-state index in [1.165, 1.54) is 0 Å². The zero-order chi connectivity index (χ0) is 20.4. The van der Waals surface area contributed by atoms with Crippen molar-refractivity contribution in [2.24, 2.45) is 5.10 Å². The summed E-state index contributed by atoms with van der Waals surface area (Å²) in [7, 11) is 3.95. The number of carbonyl (C=O) groups excluding carboxylic acids is 2. The van der Waals surface area contributed by atoms with Crippen molar-refractivity contribution in [3.05, 3.63) is 65.7 Å². The molecule has 0 unspecified atom stereocenters. The Morgan fingerprint density at radius 2 is 1.79 bits per heavy atom. The van der Waals surface area contributed by atoms with E-state index in [1.807, 2.05) is 55.6 Å². The smallest absolute Gasteiger partial charge is 0.262 e. The molecule has 148 valence electrons. The van der Waals surface area contributed by atoms with Gasteiger partial charge in [-0.15, -0.1) is 0 Å². The number of rotatable bonds is 9. The molecule has 0 aliphatic carbocycles. The predicted molar refractivity (Wildman–Crippen MR) is 117 cm³/mol. The molecule has 2 aromatic carbocycles. The molecule has 28 heavy (non-hydrogen) atoms. The third-order valence-electron chi connectivity index (χ3n) is 4.07. The van der Waals surface area contributed by atoms with Crippen LogP contribution in [0.3, 0.4) is 0 Å². The number of hydrazone groups is 1. The largest absolute Gasteiger partial charge is 0.378 e. The summed E-state index contributed by atoms with van der Waals surface area (Å²) in [6, 6.07) is 16.0. The van der Waals surface area contributed by atoms with Crippen LogP contribution in [0.1, 0.15) is 22.3 Å². The molecule has 0 aliphatic rings. The number of hydrogen-bond acceptors (Lipinski definition) is 5. The molecule has 2 aromatic rings. The molecular weight excluding hydrogens is 372 g/mol. The fourth-order valence-electron chi connectivity index (χ4n) is 2.44. The second-order valence-corrected chi connectivity index (χ2v) is 7.38. The van der Waals surface area contributed by atoms with Gasteiger partial charge in [-0.2, -0.15) is 16.9 Å². The van der Waals surface area contributed by atoms with E-state index in [2.05, 4.69) is 15.8 Å². The maximum atomic E-state index is 12.5. The SMILES string of the molecule is CSCC[C@H](NC(=O)c1ccccc1)C(=O)N/N=C\c1ccc(N(C)C)cc1. The fraction of sp³-hybridized carbons (Fsp3) is 0.286. The maximum absolute atomic E-state index is 12.5. The molecule has 0 aromatic heterocycles. The van der Waals surface area contributed by atoms with Crippen LogP contribution < -0.4 is 15.6 Å². The van der Waals surface area contributed by atoms with E-state index in [1.54, 1.807) is 42.2 Å². The first-order chi connectivity index (χ1) is 13.5. The fourth-order valence-corrected chi connectivity index (χ4v) is 2.91. The number of nitrogens with one attached hydrogen (secondary N) is 2. The number of thioether (sulfide) groups is 1. The van der Waals surface area contributed by atoms with E-state index in [-0.39, 0.29) is 11.8 Å². The molecule has 0 saturated carbocycles. The third-order valence-corrected chi connectivity index (χ3v) is 4.71. The lowest BCUT2D eigenvalue weighted by atomic mass is 10.1. The summed E-state index contributed by atoms with van der Waals surface area (Å²) in [4.78, 5) is 26.9. The molecule has 2 N–H and O–H groups in total. The molecule has 2 rings (SSSR count). The van der Waals surface area contributed by atoms with Gasteiger partial charge in [0.1, 0.15) is 6.04 Å². The van der Waals surface area contributed by atoms with Crippen LogP contribution in [0.2, 0.25) is 0 Å². The number of carbonyl (C=O) groups is 2. The molecule has 0 radical (unpaired) electrons. The molecule has 0 fully saturated rings. The second-order valence-electron chi connectivity index (χ2n) is 6.39. The van der Waals surface area contributed by atoms with Gasteiger partial charge in [-0.05, 0) is 48.3 Å². The molecule has 0 bridgehead atoms. The van der Waals surface area contributed by atoms with Crippen LogP contribution in [0.5, 0.6) is 0 Å². The topological polar surface area (TPSA) is 73.8 Å². The van der Waals surface area contributed by atoms with Crippen molar-refractivity contribution in [2.45, 2.75) is 12.5 Å². The minimum Gasteiger partial charge on any atom is -0.378 e. The van der Waals surface area contributed by atoms with Gasteiger partial charge < -0.3 is 10.2 Å². The zero-order valence-electron chi connectivity index (χ0n) is 16.4. The molecule has 0 spiro atoms. The molecule has 7 heteroatoms. The number of hydrogen-bond donors (Lipinski definition) is 2. The first-order valence-electron chi connectivity index (χ1n) is 8.96. The summed E-state index contributed by atoms with van der Waals surface area (Å²) < 4.78 is 0. The highest BCUT2D eigenvalue weighted by Gasteiger charge is 2.20. The Kier molecular flexibility index (Phi) is 8.55. The highest BCUT2D eigenvalue weighted by molar-refractivity contribution is 7.98. The van der Waals surface area contributed by atoms with Crippen LogP contribution in [0.25, 0.3) is 0 Å². The average Bonchev–Trinajstić information content (AvgIpc) is 2.71. The Labute approximate surface area is 170 Å². The monoisotopic (exact) mass is 398 g/mol. The van der Waals surface area contributed by atoms with Gasteiger partial charge in [0, 0.05) is 25.3 Å². The van der Waals surface area contributed by atoms with Gasteiger partial charge in [0.15, 0.2) is 0 Å². The van der Waals surface area contributed by atoms with Crippen LogP contribution in [0.15, 0.2) is 59.7 Å². The lowest BCUT2D eigenvalue weighted by Crippen LogP contribution is -2.45. The van der Waals surface area contributed by atoms with Crippen LogP contribution in [-0.2, 0) is 4.79 Å². The molecular formula is C21H26N4O2S. The summed E-state index contributed by atoms with van der Waals surface area (Å²) in [6.07, 6.45) is 4.07. The molecule has 2 amide bonds. The highest BCUT2D eigenvalue weighted by Crippen LogP contribution is 2.11. The summed E-state index contributed by atoms with van der Waals surface area (Å²) in [5, 5.41) is 6.82. The number of nitrogens with zero attached hydrogens (tertiary/aromatic N) is 2. The van der Waals surface area contributed by atoms with Crippen LogP contribution in [0, 0.1) is 0 Å². The van der Waals surface area contributed by atoms with Gasteiger partial charge in [-0.3, -0.25) is 9.59 Å². The van der Waals surface area contributed by atoms with E-state index < -0.39 is 6.04 Å². The van der Waals surface area contributed by atoms with E-state index in [0.29, 0.717) is 12.0 Å². The van der Waals surface area contributed by atoms with E-state index in [0.717, 1.165) is 17.0 Å². The van der Waals surface area contributed by atoms with Gasteiger partial charge >= 0.3 is 0 Å². The van der Waals surface area contributed by atoms with Crippen molar-refractivity contribution >= 4 is 35.5 Å². The Morgan fingerprint density at radius 1 is 1.11 bits per heavy atom. The van der Waals surface area contributed by atoms with Gasteiger partial charge in [-0.1, -0.05) is 30.3 Å². The summed E-state index contributed by atoms with van der Waals surface area (Å²) in [6.45, 7) is 0. The maximum Gasteiger partial charge on any atom is 0.262 e. The van der Waals surface area contributed by atoms with Crippen LogP contribution in [-0.4, -0.2) is 50.2 Å². The second kappa shape index (κ2) is 11.1. The van der Waals surface area contributed by atoms with Crippen LogP contribution >= 0.6 is 11.8 Å². The van der Waals surface area contributed by atoms with Crippen molar-refractivity contribution in [1.29, 1.82) is 0 Å². The quantitative estimate of drug-likeness (QED) is 0.503. The number of benzene rings is 2. The molecule has 0 saturated heterocycles. The van der Waals surface area contributed by atoms with Crippen molar-refractivity contribution in [3.63, 3.8) is 0 Å². The Hall–Kier alpha value is -2.80. The number of anilines is 1. The lowest BCUT2D eigenvalue weighted by molar-refractivity contribution is -0.123. The molecule has 0 aliphatic heterocycles. The van der Waals surface area contributed by atoms with Gasteiger partial charge in [0.05, 0.1) is 6.21 Å². The molecule has 6 nitrogen and oxygen atoms in total. The minimum atomic E-state index is -0.645. The summed E-state index contributed by atoms with van der Waals surface area (Å²) in [5.74, 6) is 0.146. The van der Waals surface area contributed by atoms with Crippen LogP contribution in [0.4, 0.5) is 5.69 Å². The van der Waals surface area contributed by atoms with Gasteiger partial charge in [0.25, 0.3) is 11.8 Å². The Balaban J connectivity index is 1.96. The van der Waals surface area contributed by atoms with Crippen molar-refractivity contribution in [2.75, 3.05) is 31.0 Å². The van der Waals surface area contributed by atoms with E-state index in [4.69, 9.17) is 0 Å². The Morgan fingerprint density at radius 3 is 2.39 bits per heavy atom. The first kappa shape index (κ1) is 21.5. The number of amides is 2.